The zero-order valence-electron chi connectivity index (χ0n) is 66.3. The van der Waals surface area contributed by atoms with E-state index >= 15 is 0 Å². The maximum absolute atomic E-state index is 14.7. The molecule has 12 unspecified atom stereocenters. The molecule has 4 aliphatic carbocycles. The fourth-order valence-corrected chi connectivity index (χ4v) is 18.5. The minimum atomic E-state index is -0.540. The van der Waals surface area contributed by atoms with Crippen molar-refractivity contribution in [1.82, 2.24) is 94.4 Å². The fraction of sp³-hybridized carbons (Fsp3) is 0.330. The Labute approximate surface area is 687 Å². The average Bonchev–Trinajstić information content (AvgIpc) is 1.56. The van der Waals surface area contributed by atoms with Crippen molar-refractivity contribution < 1.29 is 41.1 Å². The second kappa shape index (κ2) is 33.9. The van der Waals surface area contributed by atoms with Crippen LogP contribution >= 0.6 is 0 Å². The monoisotopic (exact) mass is 1620 g/mol. The molecule has 12 atom stereocenters. The summed E-state index contributed by atoms with van der Waals surface area (Å²) in [4.78, 5) is 102. The second-order valence-electron chi connectivity index (χ2n) is 32.1. The number of nitrogens with zero attached hydrogens (tertiary/aromatic N) is 19. The Morgan fingerprint density at radius 2 is 0.717 bits per heavy atom. The number of piperidine rings is 4. The van der Waals surface area contributed by atoms with Crippen LogP contribution in [-0.2, 0) is 0 Å². The van der Waals surface area contributed by atoms with Gasteiger partial charge in [-0.1, -0.05) is 30.3 Å². The normalized spacial score (nSPS) is 22.4. The third kappa shape index (κ3) is 16.4. The van der Waals surface area contributed by atoms with Crippen LogP contribution in [0.25, 0.3) is 34.2 Å². The van der Waals surface area contributed by atoms with Crippen LogP contribution in [0.1, 0.15) is 121 Å². The topological polar surface area (TPSA) is 307 Å². The lowest BCUT2D eigenvalue weighted by Crippen LogP contribution is -2.48. The molecule has 32 heteroatoms. The molecule has 3 aromatic carbocycles. The Hall–Kier alpha value is -13.4. The largest absolute Gasteiger partial charge is 0.365 e. The molecule has 9 aromatic heterocycles. The quantitative estimate of drug-likeness (QED) is 0.0653. The average molecular weight is 1620 g/mol. The summed E-state index contributed by atoms with van der Waals surface area (Å²) in [7, 11) is 0. The molecule has 13 heterocycles. The van der Waals surface area contributed by atoms with Crippen molar-refractivity contribution in [1.29, 1.82) is 0 Å². The number of aromatic nitrogens is 15. The first-order chi connectivity index (χ1) is 58.2. The van der Waals surface area contributed by atoms with E-state index in [4.69, 9.17) is 0 Å². The number of aryl methyl sites for hydroxylation is 5. The number of anilines is 4. The number of pyridine rings is 5. The Morgan fingerprint density at radius 1 is 0.342 bits per heavy atom. The predicted octanol–water partition coefficient (Wildman–Crippen LogP) is 12.9. The molecule has 4 aliphatic heterocycles. The van der Waals surface area contributed by atoms with Crippen molar-refractivity contribution in [3.8, 4) is 34.2 Å². The summed E-state index contributed by atoms with van der Waals surface area (Å²) in [6.45, 7) is 11.9. The van der Waals surface area contributed by atoms with Gasteiger partial charge in [-0.15, -0.1) is 4.80 Å². The van der Waals surface area contributed by atoms with Gasteiger partial charge in [-0.2, -0.15) is 25.2 Å². The van der Waals surface area contributed by atoms with Gasteiger partial charge in [-0.3, -0.25) is 19.2 Å². The molecule has 12 aromatic rings. The number of fused-ring (bicyclic) bond motifs is 8. The molecule has 0 radical (unpaired) electrons. The zero-order valence-corrected chi connectivity index (χ0v) is 66.3. The Kier molecular flexibility index (Phi) is 22.3. The highest BCUT2D eigenvalue weighted by molar-refractivity contribution is 6.02. The number of amides is 4. The standard InChI is InChI=1S/C23H21F2N5O.C23H22FN5O.C21H22FN7O.C21H21FN6O/c1-13-8-17(25)21(28-11-13)29-18-9-14-10-19(18)30(12-14)23(31)15-4-2-5-16(24)20(15)22-26-6-3-7-27-22;1-14-6-7-20(27-12-14)28-18-10-15-11-19(18)29(13-15)23(30)16-4-2-5-17(24)21(16)22-25-8-3-9-26-22;1-12-7-15(22)20(23-10-12)27-16-8-14-9-18(16)28(11-14)21(30)19-17(4-3-13(2)26-19)29-24-5-6-25-29;1-13-8-16(22)20(23-11-13)26-17-9-14-10-19(17)27(12-14)21(29)15-4-2-3-5-18(15)28-24-6-7-25-28/h2-8,11,14,18-19H,9-10,12H2,1H3,(H,28,29);2-9,12,15,18-19H,10-11,13H2,1H3,(H,27,28);3-7,10,14,16,18H,8-9,11H2,1-2H3,(H,23,27);2-8,11,14,17,19H,9-10,12H2,1H3,(H,23,26). The number of halogens is 5. The predicted molar refractivity (Wildman–Crippen MR) is 436 cm³/mol. The molecule has 4 N–H and O–H groups in total. The lowest BCUT2D eigenvalue weighted by molar-refractivity contribution is 0.0679. The lowest BCUT2D eigenvalue weighted by atomic mass is 10.0. The molecule has 120 heavy (non-hydrogen) atoms. The molecule has 20 rings (SSSR count). The van der Waals surface area contributed by atoms with Gasteiger partial charge in [0.1, 0.15) is 23.1 Å². The van der Waals surface area contributed by atoms with Crippen molar-refractivity contribution in [2.75, 3.05) is 47.4 Å². The first-order valence-corrected chi connectivity index (χ1v) is 40.2. The molecular weight excluding hydrogens is 1540 g/mol. The Morgan fingerprint density at radius 3 is 1.12 bits per heavy atom. The number of carbonyl (C=O) groups is 4. The van der Waals surface area contributed by atoms with Crippen LogP contribution in [0.3, 0.4) is 0 Å². The van der Waals surface area contributed by atoms with Crippen molar-refractivity contribution in [3.05, 3.63) is 269 Å². The number of hydrogen-bond donors (Lipinski definition) is 4. The summed E-state index contributed by atoms with van der Waals surface area (Å²) >= 11 is 0. The summed E-state index contributed by atoms with van der Waals surface area (Å²) in [6.07, 6.45) is 26.4. The van der Waals surface area contributed by atoms with E-state index in [-0.39, 0.29) is 129 Å². The van der Waals surface area contributed by atoms with E-state index in [1.807, 2.05) is 84.1 Å². The molecular formula is C88H86F5N23O4. The molecule has 4 saturated carbocycles. The van der Waals surface area contributed by atoms with E-state index in [0.717, 1.165) is 85.1 Å². The van der Waals surface area contributed by atoms with E-state index in [9.17, 15) is 41.1 Å². The van der Waals surface area contributed by atoms with Crippen LogP contribution in [0.15, 0.2) is 190 Å². The minimum absolute atomic E-state index is 0.00800. The van der Waals surface area contributed by atoms with Crippen LogP contribution in [0.5, 0.6) is 0 Å². The van der Waals surface area contributed by atoms with Gasteiger partial charge in [0.25, 0.3) is 23.6 Å². The maximum atomic E-state index is 14.7. The van der Waals surface area contributed by atoms with Gasteiger partial charge in [0.2, 0.25) is 0 Å². The molecule has 0 spiro atoms. The van der Waals surface area contributed by atoms with Gasteiger partial charge in [-0.05, 0) is 217 Å². The van der Waals surface area contributed by atoms with Crippen LogP contribution in [0.4, 0.5) is 45.2 Å². The molecule has 8 aliphatic rings. The summed E-state index contributed by atoms with van der Waals surface area (Å²) in [6, 6.07) is 31.5. The van der Waals surface area contributed by atoms with Gasteiger partial charge in [0.15, 0.2) is 52.2 Å². The number of carbonyl (C=O) groups excluding carboxylic acids is 4. The van der Waals surface area contributed by atoms with Crippen LogP contribution < -0.4 is 21.3 Å². The van der Waals surface area contributed by atoms with E-state index in [2.05, 4.69) is 86.5 Å². The van der Waals surface area contributed by atoms with Gasteiger partial charge < -0.3 is 40.9 Å². The zero-order chi connectivity index (χ0) is 83.0. The molecule has 4 amide bonds. The number of para-hydroxylation sites is 1. The van der Waals surface area contributed by atoms with Crippen LogP contribution in [0, 0.1) is 87.4 Å². The lowest BCUT2D eigenvalue weighted by Gasteiger charge is -2.34. The van der Waals surface area contributed by atoms with Crippen molar-refractivity contribution in [2.24, 2.45) is 23.7 Å². The maximum Gasteiger partial charge on any atom is 0.275 e. The van der Waals surface area contributed by atoms with Gasteiger partial charge in [0.05, 0.1) is 82.5 Å². The Bertz CT molecular complexity index is 5770. The first kappa shape index (κ1) is 79.1. The van der Waals surface area contributed by atoms with Gasteiger partial charge >= 0.3 is 0 Å². The summed E-state index contributed by atoms with van der Waals surface area (Å²) in [5.74, 6) is 0.619. The second-order valence-corrected chi connectivity index (χ2v) is 32.1. The van der Waals surface area contributed by atoms with E-state index in [1.54, 1.807) is 111 Å². The number of hydrogen-bond acceptors (Lipinski definition) is 21. The number of rotatable bonds is 16. The van der Waals surface area contributed by atoms with Crippen LogP contribution in [-0.4, -0.2) is 193 Å². The smallest absolute Gasteiger partial charge is 0.275 e. The van der Waals surface area contributed by atoms with E-state index in [0.29, 0.717) is 78.0 Å². The summed E-state index contributed by atoms with van der Waals surface area (Å²) in [5.41, 5.74) is 7.05. The summed E-state index contributed by atoms with van der Waals surface area (Å²) < 4.78 is 72.2. The molecule has 612 valence electrons. The number of likely N-dealkylation sites (tertiary alicyclic amines) is 4. The Balaban J connectivity index is 0.000000114. The molecule has 27 nitrogen and oxygen atoms in total. The molecule has 4 saturated heterocycles. The highest BCUT2D eigenvalue weighted by atomic mass is 19.1. The van der Waals surface area contributed by atoms with E-state index in [1.165, 1.54) is 58.4 Å². The van der Waals surface area contributed by atoms with Crippen molar-refractivity contribution in [2.45, 2.75) is 134 Å². The SMILES string of the molecule is Cc1ccc(NC2CC3CC2N(C(=O)c2cccc(F)c2-c2ncccn2)C3)nc1.Cc1cnc(NC2CC3CC2N(C(=O)c2cccc(F)c2-c2ncccn2)C3)c(F)c1.Cc1cnc(NC2CC3CC2N(C(=O)c2ccccc2-n2nccn2)C3)c(F)c1.Cc1cnc(NC2CC3CC2N(C(=O)c2nc(C)ccc2-n2nccn2)C3)c(F)c1. The van der Waals surface area contributed by atoms with Gasteiger partial charge in [-0.25, -0.2) is 66.8 Å². The number of benzene rings is 3. The number of nitrogens with one attached hydrogen (secondary N) is 4. The molecule has 8 bridgehead atoms. The van der Waals surface area contributed by atoms with E-state index < -0.39 is 17.5 Å². The summed E-state index contributed by atoms with van der Waals surface area (Å²) in [5, 5.41) is 29.8. The fourth-order valence-electron chi connectivity index (χ4n) is 18.5. The molecule has 8 fully saturated rings. The third-order valence-corrected chi connectivity index (χ3v) is 23.8. The first-order valence-electron chi connectivity index (χ1n) is 40.2. The van der Waals surface area contributed by atoms with Crippen LogP contribution in [0.2, 0.25) is 0 Å². The minimum Gasteiger partial charge on any atom is -0.365 e. The van der Waals surface area contributed by atoms with Gasteiger partial charge in [0, 0.05) is 106 Å². The highest BCUT2D eigenvalue weighted by Crippen LogP contribution is 2.45. The highest BCUT2D eigenvalue weighted by Gasteiger charge is 2.52. The third-order valence-electron chi connectivity index (χ3n) is 23.8. The van der Waals surface area contributed by atoms with Crippen molar-refractivity contribution in [3.63, 3.8) is 0 Å². The van der Waals surface area contributed by atoms with Crippen molar-refractivity contribution >= 4 is 46.9 Å².